The minimum atomic E-state index is -3.37. The van der Waals surface area contributed by atoms with E-state index >= 15 is 0 Å². The molecule has 0 rings (SSSR count). The maximum absolute atomic E-state index is 10.8. The lowest BCUT2D eigenvalue weighted by molar-refractivity contribution is -0.0342. The van der Waals surface area contributed by atoms with E-state index < -0.39 is 13.2 Å². The molecule has 74 valence electrons. The molecule has 0 bridgehead atoms. The molecule has 0 spiro atoms. The van der Waals surface area contributed by atoms with Crippen LogP contribution in [-0.4, -0.2) is 30.9 Å². The van der Waals surface area contributed by atoms with E-state index in [1.165, 1.54) is 6.66 Å². The van der Waals surface area contributed by atoms with E-state index in [0.29, 0.717) is 0 Å². The van der Waals surface area contributed by atoms with E-state index in [1.807, 2.05) is 13.8 Å². The molecule has 0 aromatic heterocycles. The Kier molecular flexibility index (Phi) is 4.42. The number of rotatable bonds is 5. The van der Waals surface area contributed by atoms with Crippen LogP contribution in [0.1, 0.15) is 20.3 Å². The van der Waals surface area contributed by atoms with Gasteiger partial charge in [0.25, 0.3) is 0 Å². The van der Waals surface area contributed by atoms with Crippen LogP contribution in [0.25, 0.3) is 0 Å². The van der Waals surface area contributed by atoms with E-state index in [9.17, 15) is 4.57 Å². The Labute approximate surface area is 73.4 Å². The van der Waals surface area contributed by atoms with Gasteiger partial charge in [0, 0.05) is 13.8 Å². The molecule has 1 unspecified atom stereocenters. The summed E-state index contributed by atoms with van der Waals surface area (Å²) in [5, 5.41) is 0. The highest BCUT2D eigenvalue weighted by Crippen LogP contribution is 2.38. The lowest BCUT2D eigenvalue weighted by Crippen LogP contribution is -2.31. The standard InChI is InChI=1S/C7H17O4P/c1-5-7(2,10-3)6-11-12(4,8)9/h5-6H2,1-4H3,(H,8,9)/t7-/m0/s1. The fourth-order valence-corrected chi connectivity index (χ4v) is 1.07. The highest BCUT2D eigenvalue weighted by Gasteiger charge is 2.24. The second-order valence-electron chi connectivity index (χ2n) is 3.08. The molecule has 0 aromatic carbocycles. The van der Waals surface area contributed by atoms with Crippen molar-refractivity contribution in [3.63, 3.8) is 0 Å². The number of methoxy groups -OCH3 is 1. The molecule has 0 aliphatic heterocycles. The third-order valence-electron chi connectivity index (χ3n) is 1.85. The maximum atomic E-state index is 10.8. The topological polar surface area (TPSA) is 55.8 Å². The van der Waals surface area contributed by atoms with Crippen molar-refractivity contribution in [2.24, 2.45) is 0 Å². The second kappa shape index (κ2) is 4.38. The Morgan fingerprint density at radius 1 is 1.58 bits per heavy atom. The summed E-state index contributed by atoms with van der Waals surface area (Å²) in [7, 11) is -1.81. The van der Waals surface area contributed by atoms with E-state index in [0.717, 1.165) is 6.42 Å². The molecule has 1 N–H and O–H groups in total. The van der Waals surface area contributed by atoms with Crippen LogP contribution in [0.15, 0.2) is 0 Å². The van der Waals surface area contributed by atoms with Gasteiger partial charge in [0.1, 0.15) is 0 Å². The first kappa shape index (κ1) is 12.1. The molecule has 0 fully saturated rings. The van der Waals surface area contributed by atoms with Crippen LogP contribution in [0.5, 0.6) is 0 Å². The Bertz CT molecular complexity index is 170. The third kappa shape index (κ3) is 4.88. The SMILES string of the molecule is CC[C@@](C)(COP(C)(=O)O)OC. The fourth-order valence-electron chi connectivity index (χ4n) is 0.562. The molecule has 5 heteroatoms. The third-order valence-corrected chi connectivity index (χ3v) is 2.46. The first-order chi connectivity index (χ1) is 5.33. The molecule has 0 radical (unpaired) electrons. The van der Waals surface area contributed by atoms with Crippen LogP contribution >= 0.6 is 7.60 Å². The largest absolute Gasteiger partial charge is 0.376 e. The van der Waals surface area contributed by atoms with Crippen LogP contribution in [-0.2, 0) is 13.8 Å². The van der Waals surface area contributed by atoms with Gasteiger partial charge in [-0.25, -0.2) is 0 Å². The quantitative estimate of drug-likeness (QED) is 0.679. The molecular weight excluding hydrogens is 179 g/mol. The Balaban J connectivity index is 3.98. The lowest BCUT2D eigenvalue weighted by atomic mass is 10.1. The summed E-state index contributed by atoms with van der Waals surface area (Å²) in [6, 6.07) is 0. The van der Waals surface area contributed by atoms with Crippen LogP contribution in [0.2, 0.25) is 0 Å². The lowest BCUT2D eigenvalue weighted by Gasteiger charge is -2.26. The summed E-state index contributed by atoms with van der Waals surface area (Å²) in [6.07, 6.45) is 0.740. The monoisotopic (exact) mass is 196 g/mol. The van der Waals surface area contributed by atoms with Crippen molar-refractivity contribution in [2.45, 2.75) is 25.9 Å². The summed E-state index contributed by atoms with van der Waals surface area (Å²) in [5.74, 6) is 0. The van der Waals surface area contributed by atoms with E-state index in [4.69, 9.17) is 14.2 Å². The summed E-state index contributed by atoms with van der Waals surface area (Å²) in [6.45, 7) is 5.08. The van der Waals surface area contributed by atoms with Crippen molar-refractivity contribution in [1.29, 1.82) is 0 Å². The van der Waals surface area contributed by atoms with Crippen LogP contribution in [0, 0.1) is 0 Å². The zero-order valence-electron chi connectivity index (χ0n) is 8.03. The van der Waals surface area contributed by atoms with E-state index in [1.54, 1.807) is 7.11 Å². The second-order valence-corrected chi connectivity index (χ2v) is 4.95. The summed E-state index contributed by atoms with van der Waals surface area (Å²) < 4.78 is 20.7. The smallest absolute Gasteiger partial charge is 0.325 e. The Morgan fingerprint density at radius 2 is 2.08 bits per heavy atom. The van der Waals surface area contributed by atoms with E-state index in [2.05, 4.69) is 0 Å². The average Bonchev–Trinajstić information content (AvgIpc) is 1.99. The van der Waals surface area contributed by atoms with Crippen LogP contribution in [0.4, 0.5) is 0 Å². The van der Waals surface area contributed by atoms with Crippen molar-refractivity contribution in [2.75, 3.05) is 20.4 Å². The molecular formula is C7H17O4P. The number of hydrogen-bond donors (Lipinski definition) is 1. The van der Waals surface area contributed by atoms with Gasteiger partial charge >= 0.3 is 7.60 Å². The average molecular weight is 196 g/mol. The molecule has 0 amide bonds. The van der Waals surface area contributed by atoms with Crippen LogP contribution < -0.4 is 0 Å². The van der Waals surface area contributed by atoms with Crippen molar-refractivity contribution in [3.05, 3.63) is 0 Å². The minimum Gasteiger partial charge on any atom is -0.376 e. The van der Waals surface area contributed by atoms with Gasteiger partial charge in [-0.3, -0.25) is 4.57 Å². The molecule has 0 saturated heterocycles. The van der Waals surface area contributed by atoms with Gasteiger partial charge in [0.15, 0.2) is 0 Å². The van der Waals surface area contributed by atoms with Gasteiger partial charge in [-0.05, 0) is 13.3 Å². The van der Waals surface area contributed by atoms with Gasteiger partial charge in [-0.1, -0.05) is 6.92 Å². The highest BCUT2D eigenvalue weighted by molar-refractivity contribution is 7.51. The Morgan fingerprint density at radius 3 is 2.33 bits per heavy atom. The van der Waals surface area contributed by atoms with Crippen molar-refractivity contribution in [3.8, 4) is 0 Å². The van der Waals surface area contributed by atoms with Gasteiger partial charge < -0.3 is 14.2 Å². The number of hydrogen-bond acceptors (Lipinski definition) is 3. The first-order valence-electron chi connectivity index (χ1n) is 3.83. The highest BCUT2D eigenvalue weighted by atomic mass is 31.2. The number of ether oxygens (including phenoxy) is 1. The van der Waals surface area contributed by atoms with Crippen LogP contribution in [0.3, 0.4) is 0 Å². The minimum absolute atomic E-state index is 0.143. The molecule has 0 saturated carbocycles. The van der Waals surface area contributed by atoms with Crippen molar-refractivity contribution in [1.82, 2.24) is 0 Å². The van der Waals surface area contributed by atoms with E-state index in [-0.39, 0.29) is 6.61 Å². The molecule has 12 heavy (non-hydrogen) atoms. The molecule has 2 atom stereocenters. The first-order valence-corrected chi connectivity index (χ1v) is 5.85. The van der Waals surface area contributed by atoms with Gasteiger partial charge in [0.2, 0.25) is 0 Å². The Hall–Kier alpha value is 0.110. The molecule has 0 heterocycles. The molecule has 0 aromatic rings. The molecule has 4 nitrogen and oxygen atoms in total. The summed E-state index contributed by atoms with van der Waals surface area (Å²) >= 11 is 0. The predicted molar refractivity (Wildman–Crippen MR) is 47.4 cm³/mol. The summed E-state index contributed by atoms with van der Waals surface area (Å²) in [4.78, 5) is 8.85. The summed E-state index contributed by atoms with van der Waals surface area (Å²) in [5.41, 5.74) is -0.464. The normalized spacial score (nSPS) is 21.4. The maximum Gasteiger partial charge on any atom is 0.325 e. The van der Waals surface area contributed by atoms with Crippen molar-refractivity contribution >= 4 is 7.60 Å². The molecule has 0 aliphatic carbocycles. The van der Waals surface area contributed by atoms with Gasteiger partial charge in [0.05, 0.1) is 12.2 Å². The molecule has 0 aliphatic rings. The fraction of sp³-hybridized carbons (Fsp3) is 1.00. The zero-order chi connectivity index (χ0) is 9.83. The van der Waals surface area contributed by atoms with Gasteiger partial charge in [-0.15, -0.1) is 0 Å². The zero-order valence-corrected chi connectivity index (χ0v) is 8.93. The predicted octanol–water partition coefficient (Wildman–Crippen LogP) is 1.63. The van der Waals surface area contributed by atoms with Gasteiger partial charge in [-0.2, -0.15) is 0 Å². The van der Waals surface area contributed by atoms with Crippen molar-refractivity contribution < 1.29 is 18.7 Å².